The van der Waals surface area contributed by atoms with Crippen molar-refractivity contribution in [2.24, 2.45) is 0 Å². The van der Waals surface area contributed by atoms with Gasteiger partial charge in [-0.1, -0.05) is 5.16 Å². The third kappa shape index (κ3) is 2.63. The van der Waals surface area contributed by atoms with Gasteiger partial charge in [-0.25, -0.2) is 4.68 Å². The van der Waals surface area contributed by atoms with Crippen molar-refractivity contribution < 1.29 is 9.32 Å². The number of aryl methyl sites for hydroxylation is 2. The maximum absolute atomic E-state index is 12.5. The summed E-state index contributed by atoms with van der Waals surface area (Å²) in [5, 5.41) is 8.28. The quantitative estimate of drug-likeness (QED) is 0.923. The van der Waals surface area contributed by atoms with Crippen LogP contribution in [0, 0.1) is 13.8 Å². The number of likely N-dealkylation sites (tertiary alicyclic amines) is 1. The van der Waals surface area contributed by atoms with Gasteiger partial charge < -0.3 is 15.2 Å². The molecule has 0 spiro atoms. The van der Waals surface area contributed by atoms with Crippen molar-refractivity contribution in [3.63, 3.8) is 0 Å². The summed E-state index contributed by atoms with van der Waals surface area (Å²) in [6.07, 6.45) is 1.88. The molecule has 112 valence electrons. The molecular weight excluding hydrogens is 270 g/mol. The third-order valence-corrected chi connectivity index (χ3v) is 3.78. The van der Waals surface area contributed by atoms with Gasteiger partial charge in [-0.15, -0.1) is 0 Å². The van der Waals surface area contributed by atoms with E-state index in [0.717, 1.165) is 36.5 Å². The molecule has 7 heteroatoms. The Morgan fingerprint density at radius 2 is 2.29 bits per heavy atom. The standard InChI is InChI=1S/C14H19N5O2/c1-9-6-13(15)19(16-9)8-14(20)18-5-3-4-12(18)11-7-10(2)21-17-11/h6-7,12H,3-5,8,15H2,1-2H3. The summed E-state index contributed by atoms with van der Waals surface area (Å²) in [4.78, 5) is 14.4. The molecule has 0 aromatic carbocycles. The Kier molecular flexibility index (Phi) is 3.40. The smallest absolute Gasteiger partial charge is 0.244 e. The molecule has 1 aliphatic rings. The van der Waals surface area contributed by atoms with Crippen LogP contribution in [0.4, 0.5) is 5.82 Å². The average molecular weight is 289 g/mol. The van der Waals surface area contributed by atoms with Gasteiger partial charge in [0.2, 0.25) is 5.91 Å². The first-order chi connectivity index (χ1) is 10.0. The lowest BCUT2D eigenvalue weighted by Crippen LogP contribution is -2.34. The van der Waals surface area contributed by atoms with Crippen molar-refractivity contribution in [1.82, 2.24) is 19.8 Å². The molecule has 2 N–H and O–H groups in total. The van der Waals surface area contributed by atoms with Crippen LogP contribution in [0.2, 0.25) is 0 Å². The molecule has 0 radical (unpaired) electrons. The highest BCUT2D eigenvalue weighted by atomic mass is 16.5. The minimum Gasteiger partial charge on any atom is -0.384 e. The number of rotatable bonds is 3. The summed E-state index contributed by atoms with van der Waals surface area (Å²) in [6, 6.07) is 3.64. The molecule has 1 aliphatic heterocycles. The van der Waals surface area contributed by atoms with Crippen LogP contribution in [-0.4, -0.2) is 32.3 Å². The molecule has 21 heavy (non-hydrogen) atoms. The van der Waals surface area contributed by atoms with Gasteiger partial charge in [0.05, 0.1) is 11.7 Å². The summed E-state index contributed by atoms with van der Waals surface area (Å²) in [5.41, 5.74) is 7.47. The van der Waals surface area contributed by atoms with Gasteiger partial charge in [0, 0.05) is 18.7 Å². The van der Waals surface area contributed by atoms with Crippen molar-refractivity contribution in [2.75, 3.05) is 12.3 Å². The molecular formula is C14H19N5O2. The predicted molar refractivity (Wildman–Crippen MR) is 76.3 cm³/mol. The van der Waals surface area contributed by atoms with E-state index in [2.05, 4.69) is 10.3 Å². The second-order valence-corrected chi connectivity index (χ2v) is 5.48. The summed E-state index contributed by atoms with van der Waals surface area (Å²) < 4.78 is 6.66. The van der Waals surface area contributed by atoms with Crippen LogP contribution in [-0.2, 0) is 11.3 Å². The topological polar surface area (TPSA) is 90.2 Å². The van der Waals surface area contributed by atoms with Crippen LogP contribution >= 0.6 is 0 Å². The second-order valence-electron chi connectivity index (χ2n) is 5.48. The number of nitrogens with zero attached hydrogens (tertiary/aromatic N) is 4. The van der Waals surface area contributed by atoms with Gasteiger partial charge in [-0.2, -0.15) is 5.10 Å². The first kappa shape index (κ1) is 13.7. The van der Waals surface area contributed by atoms with Gasteiger partial charge in [0.1, 0.15) is 23.8 Å². The fourth-order valence-corrected chi connectivity index (χ4v) is 2.83. The number of hydrogen-bond donors (Lipinski definition) is 1. The van der Waals surface area contributed by atoms with Gasteiger partial charge in [0.25, 0.3) is 0 Å². The molecule has 2 aromatic rings. The molecule has 1 unspecified atom stereocenters. The Labute approximate surface area is 122 Å². The van der Waals surface area contributed by atoms with Crippen molar-refractivity contribution >= 4 is 11.7 Å². The van der Waals surface area contributed by atoms with E-state index in [1.165, 1.54) is 0 Å². The molecule has 0 bridgehead atoms. The SMILES string of the molecule is Cc1cc(N)n(CC(=O)N2CCCC2c2cc(C)on2)n1. The van der Waals surface area contributed by atoms with Crippen molar-refractivity contribution in [3.8, 4) is 0 Å². The van der Waals surface area contributed by atoms with Gasteiger partial charge >= 0.3 is 0 Å². The second kappa shape index (κ2) is 5.23. The Hall–Kier alpha value is -2.31. The van der Waals surface area contributed by atoms with Crippen LogP contribution in [0.1, 0.15) is 36.0 Å². The summed E-state index contributed by atoms with van der Waals surface area (Å²) >= 11 is 0. The molecule has 3 heterocycles. The molecule has 3 rings (SSSR count). The zero-order valence-corrected chi connectivity index (χ0v) is 12.2. The van der Waals surface area contributed by atoms with Gasteiger partial charge in [0.15, 0.2) is 0 Å². The normalized spacial score (nSPS) is 18.4. The Morgan fingerprint density at radius 1 is 1.48 bits per heavy atom. The largest absolute Gasteiger partial charge is 0.384 e. The van der Waals surface area contributed by atoms with E-state index in [9.17, 15) is 4.79 Å². The fraction of sp³-hybridized carbons (Fsp3) is 0.500. The molecule has 1 saturated heterocycles. The highest BCUT2D eigenvalue weighted by Crippen LogP contribution is 2.31. The van der Waals surface area contributed by atoms with Crippen molar-refractivity contribution in [3.05, 3.63) is 29.3 Å². The van der Waals surface area contributed by atoms with Crippen LogP contribution in [0.5, 0.6) is 0 Å². The van der Waals surface area contributed by atoms with E-state index in [1.807, 2.05) is 24.8 Å². The van der Waals surface area contributed by atoms with Gasteiger partial charge in [-0.3, -0.25) is 4.79 Å². The number of carbonyl (C=O) groups is 1. The maximum Gasteiger partial charge on any atom is 0.244 e. The molecule has 1 fully saturated rings. The third-order valence-electron chi connectivity index (χ3n) is 3.78. The van der Waals surface area contributed by atoms with E-state index in [1.54, 1.807) is 10.7 Å². The number of anilines is 1. The number of nitrogens with two attached hydrogens (primary N) is 1. The first-order valence-electron chi connectivity index (χ1n) is 7.07. The van der Waals surface area contributed by atoms with E-state index < -0.39 is 0 Å². The van der Waals surface area contributed by atoms with E-state index in [4.69, 9.17) is 10.3 Å². The maximum atomic E-state index is 12.5. The lowest BCUT2D eigenvalue weighted by Gasteiger charge is -2.23. The van der Waals surface area contributed by atoms with Gasteiger partial charge in [-0.05, 0) is 26.7 Å². The highest BCUT2D eigenvalue weighted by molar-refractivity contribution is 5.77. The van der Waals surface area contributed by atoms with E-state index >= 15 is 0 Å². The van der Waals surface area contributed by atoms with E-state index in [-0.39, 0.29) is 18.5 Å². The first-order valence-corrected chi connectivity index (χ1v) is 7.07. The number of carbonyl (C=O) groups excluding carboxylic acids is 1. The molecule has 1 atom stereocenters. The summed E-state index contributed by atoms with van der Waals surface area (Å²) in [7, 11) is 0. The molecule has 0 saturated carbocycles. The highest BCUT2D eigenvalue weighted by Gasteiger charge is 2.32. The molecule has 1 amide bonds. The lowest BCUT2D eigenvalue weighted by molar-refractivity contribution is -0.133. The monoisotopic (exact) mass is 289 g/mol. The zero-order valence-electron chi connectivity index (χ0n) is 12.2. The van der Waals surface area contributed by atoms with E-state index in [0.29, 0.717) is 5.82 Å². The lowest BCUT2D eigenvalue weighted by atomic mass is 10.1. The molecule has 2 aromatic heterocycles. The predicted octanol–water partition coefficient (Wildman–Crippen LogP) is 1.43. The Balaban J connectivity index is 1.75. The fourth-order valence-electron chi connectivity index (χ4n) is 2.83. The van der Waals surface area contributed by atoms with Crippen LogP contribution in [0.3, 0.4) is 0 Å². The number of nitrogen functional groups attached to an aromatic ring is 1. The number of hydrogen-bond acceptors (Lipinski definition) is 5. The number of amides is 1. The van der Waals surface area contributed by atoms with Crippen LogP contribution in [0.25, 0.3) is 0 Å². The molecule has 7 nitrogen and oxygen atoms in total. The van der Waals surface area contributed by atoms with Crippen LogP contribution < -0.4 is 5.73 Å². The Bertz CT molecular complexity index is 660. The van der Waals surface area contributed by atoms with Crippen LogP contribution in [0.15, 0.2) is 16.7 Å². The minimum atomic E-state index is -0.00664. The summed E-state index contributed by atoms with van der Waals surface area (Å²) in [6.45, 7) is 4.60. The minimum absolute atomic E-state index is 0.00664. The summed E-state index contributed by atoms with van der Waals surface area (Å²) in [5.74, 6) is 1.28. The van der Waals surface area contributed by atoms with Crippen molar-refractivity contribution in [2.45, 2.75) is 39.3 Å². The van der Waals surface area contributed by atoms with Crippen molar-refractivity contribution in [1.29, 1.82) is 0 Å². The zero-order chi connectivity index (χ0) is 15.0. The number of aromatic nitrogens is 3. The molecule has 0 aliphatic carbocycles. The Morgan fingerprint density at radius 3 is 2.90 bits per heavy atom. The average Bonchev–Trinajstić information content (AvgIpc) is 3.10.